The van der Waals surface area contributed by atoms with Crippen LogP contribution in [0.4, 0.5) is 0 Å². The topological polar surface area (TPSA) is 51.3 Å². The summed E-state index contributed by atoms with van der Waals surface area (Å²) in [6.07, 6.45) is 1.76. The zero-order chi connectivity index (χ0) is 17.1. The Morgan fingerprint density at radius 1 is 1.00 bits per heavy atom. The molecule has 0 bridgehead atoms. The molecule has 0 aliphatic carbocycles. The summed E-state index contributed by atoms with van der Waals surface area (Å²) >= 11 is 6.47. The average Bonchev–Trinajstić information content (AvgIpc) is 3.06. The van der Waals surface area contributed by atoms with Crippen molar-refractivity contribution in [2.75, 3.05) is 14.2 Å². The van der Waals surface area contributed by atoms with Gasteiger partial charge in [-0.15, -0.1) is 0 Å². The molecule has 0 aliphatic rings. The molecule has 3 rings (SSSR count). The Morgan fingerprint density at radius 2 is 1.75 bits per heavy atom. The van der Waals surface area contributed by atoms with Gasteiger partial charge < -0.3 is 14.5 Å². The highest BCUT2D eigenvalue weighted by molar-refractivity contribution is 6.35. The highest BCUT2D eigenvalue weighted by Gasteiger charge is 2.22. The SMILES string of the molecule is COC(=O)c1[nH]cc(-c2cccc(OC)c2Cl)c1-c1ccccc1. The molecule has 0 fully saturated rings. The molecule has 0 unspecified atom stereocenters. The molecule has 3 aromatic rings. The van der Waals surface area contributed by atoms with Crippen LogP contribution in [0, 0.1) is 0 Å². The first-order valence-electron chi connectivity index (χ1n) is 7.35. The molecule has 0 spiro atoms. The third kappa shape index (κ3) is 2.76. The number of hydrogen-bond donors (Lipinski definition) is 1. The van der Waals surface area contributed by atoms with Gasteiger partial charge in [0, 0.05) is 22.9 Å². The van der Waals surface area contributed by atoms with Gasteiger partial charge in [-0.2, -0.15) is 0 Å². The number of methoxy groups -OCH3 is 2. The van der Waals surface area contributed by atoms with E-state index >= 15 is 0 Å². The number of nitrogens with one attached hydrogen (secondary N) is 1. The highest BCUT2D eigenvalue weighted by atomic mass is 35.5. The summed E-state index contributed by atoms with van der Waals surface area (Å²) < 4.78 is 10.2. The minimum atomic E-state index is -0.431. The second-order valence-electron chi connectivity index (χ2n) is 5.13. The fraction of sp³-hybridized carbons (Fsp3) is 0.105. The Morgan fingerprint density at radius 3 is 2.42 bits per heavy atom. The first kappa shape index (κ1) is 16.1. The number of rotatable bonds is 4. The third-order valence-electron chi connectivity index (χ3n) is 3.81. The Bertz CT molecular complexity index is 872. The fourth-order valence-electron chi connectivity index (χ4n) is 2.68. The summed E-state index contributed by atoms with van der Waals surface area (Å²) in [5.74, 6) is 0.146. The van der Waals surface area contributed by atoms with Crippen LogP contribution in [0.2, 0.25) is 5.02 Å². The zero-order valence-electron chi connectivity index (χ0n) is 13.3. The van der Waals surface area contributed by atoms with Gasteiger partial charge in [-0.1, -0.05) is 54.1 Å². The maximum absolute atomic E-state index is 12.1. The standard InChI is InChI=1S/C19H16ClNO3/c1-23-15-10-6-9-13(17(15)20)14-11-21-18(19(22)24-2)16(14)12-7-4-3-5-8-12/h3-11,21H,1-2H3. The van der Waals surface area contributed by atoms with E-state index in [4.69, 9.17) is 21.1 Å². The van der Waals surface area contributed by atoms with Crippen molar-refractivity contribution in [3.63, 3.8) is 0 Å². The number of benzene rings is 2. The van der Waals surface area contributed by atoms with Crippen molar-refractivity contribution in [3.05, 3.63) is 65.4 Å². The largest absolute Gasteiger partial charge is 0.495 e. The molecular formula is C19H16ClNO3. The van der Waals surface area contributed by atoms with Crippen LogP contribution in [0.5, 0.6) is 5.75 Å². The predicted octanol–water partition coefficient (Wildman–Crippen LogP) is 4.80. The second-order valence-corrected chi connectivity index (χ2v) is 5.51. The van der Waals surface area contributed by atoms with E-state index in [1.54, 1.807) is 19.4 Å². The second kappa shape index (κ2) is 6.81. The first-order chi connectivity index (χ1) is 11.7. The quantitative estimate of drug-likeness (QED) is 0.694. The van der Waals surface area contributed by atoms with Gasteiger partial charge in [0.2, 0.25) is 0 Å². The molecule has 1 heterocycles. The van der Waals surface area contributed by atoms with Gasteiger partial charge in [0.1, 0.15) is 11.4 Å². The van der Waals surface area contributed by atoms with Gasteiger partial charge in [-0.3, -0.25) is 0 Å². The predicted molar refractivity (Wildman–Crippen MR) is 94.6 cm³/mol. The summed E-state index contributed by atoms with van der Waals surface area (Å²) in [7, 11) is 2.93. The maximum Gasteiger partial charge on any atom is 0.355 e. The van der Waals surface area contributed by atoms with Crippen LogP contribution in [-0.2, 0) is 4.74 Å². The van der Waals surface area contributed by atoms with Crippen LogP contribution in [0.3, 0.4) is 0 Å². The van der Waals surface area contributed by atoms with Crippen molar-refractivity contribution >= 4 is 17.6 Å². The molecule has 2 aromatic carbocycles. The van der Waals surface area contributed by atoms with E-state index in [-0.39, 0.29) is 0 Å². The lowest BCUT2D eigenvalue weighted by Crippen LogP contribution is -2.03. The van der Waals surface area contributed by atoms with Crippen molar-refractivity contribution < 1.29 is 14.3 Å². The maximum atomic E-state index is 12.1. The average molecular weight is 342 g/mol. The van der Waals surface area contributed by atoms with Crippen LogP contribution < -0.4 is 4.74 Å². The van der Waals surface area contributed by atoms with Gasteiger partial charge >= 0.3 is 5.97 Å². The van der Waals surface area contributed by atoms with E-state index in [1.807, 2.05) is 42.5 Å². The zero-order valence-corrected chi connectivity index (χ0v) is 14.1. The van der Waals surface area contributed by atoms with Crippen LogP contribution in [-0.4, -0.2) is 25.2 Å². The van der Waals surface area contributed by atoms with E-state index in [0.29, 0.717) is 16.5 Å². The van der Waals surface area contributed by atoms with Crippen molar-refractivity contribution in [2.24, 2.45) is 0 Å². The van der Waals surface area contributed by atoms with Gasteiger partial charge in [-0.05, 0) is 11.6 Å². The number of H-pyrrole nitrogens is 1. The van der Waals surface area contributed by atoms with E-state index in [0.717, 1.165) is 22.3 Å². The molecule has 1 aromatic heterocycles. The Labute approximate surface area is 145 Å². The number of aromatic nitrogens is 1. The van der Waals surface area contributed by atoms with Crippen LogP contribution in [0.15, 0.2) is 54.7 Å². The molecule has 5 heteroatoms. The molecule has 0 atom stereocenters. The molecule has 0 aliphatic heterocycles. The number of carbonyl (C=O) groups is 1. The third-order valence-corrected chi connectivity index (χ3v) is 4.20. The highest BCUT2D eigenvalue weighted by Crippen LogP contribution is 2.41. The van der Waals surface area contributed by atoms with E-state index in [1.165, 1.54) is 7.11 Å². The molecule has 0 radical (unpaired) electrons. The number of halogens is 1. The molecule has 0 saturated heterocycles. The van der Waals surface area contributed by atoms with Gasteiger partial charge in [-0.25, -0.2) is 4.79 Å². The molecule has 0 amide bonds. The Kier molecular flexibility index (Phi) is 4.58. The number of ether oxygens (including phenoxy) is 2. The summed E-state index contributed by atoms with van der Waals surface area (Å²) in [5, 5.41) is 0.493. The van der Waals surface area contributed by atoms with Crippen molar-refractivity contribution in [3.8, 4) is 28.0 Å². The minimum Gasteiger partial charge on any atom is -0.495 e. The lowest BCUT2D eigenvalue weighted by Gasteiger charge is -2.11. The van der Waals surface area contributed by atoms with Crippen molar-refractivity contribution in [1.29, 1.82) is 0 Å². The van der Waals surface area contributed by atoms with Gasteiger partial charge in [0.15, 0.2) is 0 Å². The van der Waals surface area contributed by atoms with Crippen LogP contribution in [0.1, 0.15) is 10.5 Å². The van der Waals surface area contributed by atoms with E-state index in [2.05, 4.69) is 4.98 Å². The number of carbonyl (C=O) groups excluding carboxylic acids is 1. The van der Waals surface area contributed by atoms with Crippen molar-refractivity contribution in [2.45, 2.75) is 0 Å². The Hall–Kier alpha value is -2.72. The molecule has 4 nitrogen and oxygen atoms in total. The normalized spacial score (nSPS) is 10.5. The van der Waals surface area contributed by atoms with E-state index < -0.39 is 5.97 Å². The van der Waals surface area contributed by atoms with Crippen LogP contribution in [0.25, 0.3) is 22.3 Å². The smallest absolute Gasteiger partial charge is 0.355 e. The summed E-state index contributed by atoms with van der Waals surface area (Å²) in [6.45, 7) is 0. The molecule has 122 valence electrons. The number of hydrogen-bond acceptors (Lipinski definition) is 3. The van der Waals surface area contributed by atoms with Crippen LogP contribution >= 0.6 is 11.6 Å². The lowest BCUT2D eigenvalue weighted by atomic mass is 9.96. The number of esters is 1. The molecule has 24 heavy (non-hydrogen) atoms. The first-order valence-corrected chi connectivity index (χ1v) is 7.73. The summed E-state index contributed by atoms with van der Waals surface area (Å²) in [5.41, 5.74) is 3.62. The lowest BCUT2D eigenvalue weighted by molar-refractivity contribution is 0.0596. The van der Waals surface area contributed by atoms with E-state index in [9.17, 15) is 4.79 Å². The summed E-state index contributed by atoms with van der Waals surface area (Å²) in [4.78, 5) is 15.2. The van der Waals surface area contributed by atoms with Gasteiger partial charge in [0.25, 0.3) is 0 Å². The monoisotopic (exact) mass is 341 g/mol. The fourth-order valence-corrected chi connectivity index (χ4v) is 2.98. The van der Waals surface area contributed by atoms with Gasteiger partial charge in [0.05, 0.1) is 19.2 Å². The number of aromatic amines is 1. The molecule has 0 saturated carbocycles. The minimum absolute atomic E-state index is 0.387. The molecular weight excluding hydrogens is 326 g/mol. The Balaban J connectivity index is 2.27. The molecule has 1 N–H and O–H groups in total. The van der Waals surface area contributed by atoms with Crippen molar-refractivity contribution in [1.82, 2.24) is 4.98 Å². The summed E-state index contributed by atoms with van der Waals surface area (Å²) in [6, 6.07) is 15.2.